The number of hydrogen-bond acceptors (Lipinski definition) is 3. The molecule has 3 heteroatoms. The molecular weight excluding hydrogens is 178 g/mol. The predicted octanol–water partition coefficient (Wildman–Crippen LogP) is 1.19. The Morgan fingerprint density at radius 1 is 1.29 bits per heavy atom. The van der Waals surface area contributed by atoms with Crippen molar-refractivity contribution in [3.8, 4) is 0 Å². The van der Waals surface area contributed by atoms with Gasteiger partial charge in [-0.3, -0.25) is 4.79 Å². The topological polar surface area (TPSA) is 38.3 Å². The van der Waals surface area contributed by atoms with Crippen molar-refractivity contribution < 1.29 is 9.53 Å². The quantitative estimate of drug-likeness (QED) is 0.676. The summed E-state index contributed by atoms with van der Waals surface area (Å²) in [5, 5.41) is 3.30. The highest BCUT2D eigenvalue weighted by Crippen LogP contribution is 2.35. The first-order valence-corrected chi connectivity index (χ1v) is 5.60. The van der Waals surface area contributed by atoms with E-state index in [-0.39, 0.29) is 11.9 Å². The van der Waals surface area contributed by atoms with E-state index in [1.807, 2.05) is 0 Å². The van der Waals surface area contributed by atoms with Crippen molar-refractivity contribution in [3.63, 3.8) is 0 Å². The van der Waals surface area contributed by atoms with Crippen LogP contribution >= 0.6 is 0 Å². The minimum atomic E-state index is 0.00184. The number of methoxy groups -OCH3 is 1. The van der Waals surface area contributed by atoms with Crippen LogP contribution in [0.4, 0.5) is 0 Å². The van der Waals surface area contributed by atoms with Gasteiger partial charge in [-0.1, -0.05) is 12.8 Å². The van der Waals surface area contributed by atoms with Gasteiger partial charge >= 0.3 is 5.97 Å². The molecule has 0 amide bonds. The highest BCUT2D eigenvalue weighted by Gasteiger charge is 2.34. The fourth-order valence-electron chi connectivity index (χ4n) is 2.68. The second kappa shape index (κ2) is 4.30. The smallest absolute Gasteiger partial charge is 0.308 e. The van der Waals surface area contributed by atoms with E-state index in [1.165, 1.54) is 20.0 Å². The minimum absolute atomic E-state index is 0.00184. The van der Waals surface area contributed by atoms with E-state index < -0.39 is 0 Å². The van der Waals surface area contributed by atoms with Crippen LogP contribution in [0.15, 0.2) is 0 Å². The van der Waals surface area contributed by atoms with Crippen molar-refractivity contribution in [2.75, 3.05) is 20.2 Å². The average molecular weight is 197 g/mol. The maximum atomic E-state index is 11.4. The van der Waals surface area contributed by atoms with Crippen LogP contribution in [0, 0.1) is 17.8 Å². The Hall–Kier alpha value is -0.570. The zero-order chi connectivity index (χ0) is 9.97. The van der Waals surface area contributed by atoms with Gasteiger partial charge in [0.15, 0.2) is 0 Å². The Morgan fingerprint density at radius 3 is 2.64 bits per heavy atom. The third kappa shape index (κ3) is 1.92. The highest BCUT2D eigenvalue weighted by molar-refractivity contribution is 5.72. The van der Waals surface area contributed by atoms with E-state index in [0.29, 0.717) is 0 Å². The molecule has 0 aromatic heterocycles. The lowest BCUT2D eigenvalue weighted by Crippen LogP contribution is -2.47. The summed E-state index contributed by atoms with van der Waals surface area (Å²) in [5.74, 6) is 1.76. The SMILES string of the molecule is COC(=O)[C@@H]1CCC[C@@H](C2CNC2)C1. The van der Waals surface area contributed by atoms with Crippen molar-refractivity contribution >= 4 is 5.97 Å². The van der Waals surface area contributed by atoms with Crippen molar-refractivity contribution in [2.24, 2.45) is 17.8 Å². The number of carbonyl (C=O) groups excluding carboxylic acids is 1. The van der Waals surface area contributed by atoms with Gasteiger partial charge in [-0.2, -0.15) is 0 Å². The first-order chi connectivity index (χ1) is 6.81. The second-order valence-corrected chi connectivity index (χ2v) is 4.57. The maximum Gasteiger partial charge on any atom is 0.308 e. The molecule has 2 rings (SSSR count). The molecule has 1 saturated carbocycles. The van der Waals surface area contributed by atoms with Gasteiger partial charge in [-0.15, -0.1) is 0 Å². The summed E-state index contributed by atoms with van der Waals surface area (Å²) in [7, 11) is 1.50. The molecule has 1 aliphatic carbocycles. The van der Waals surface area contributed by atoms with Crippen LogP contribution in [0.1, 0.15) is 25.7 Å². The molecule has 2 aliphatic rings. The number of carbonyl (C=O) groups is 1. The number of hydrogen-bond donors (Lipinski definition) is 1. The van der Waals surface area contributed by atoms with Gasteiger partial charge < -0.3 is 10.1 Å². The van der Waals surface area contributed by atoms with Crippen molar-refractivity contribution in [2.45, 2.75) is 25.7 Å². The van der Waals surface area contributed by atoms with Crippen LogP contribution in [0.2, 0.25) is 0 Å². The van der Waals surface area contributed by atoms with Crippen LogP contribution in [0.5, 0.6) is 0 Å². The third-order valence-electron chi connectivity index (χ3n) is 3.73. The Labute approximate surface area is 85.2 Å². The van der Waals surface area contributed by atoms with E-state index >= 15 is 0 Å². The Kier molecular flexibility index (Phi) is 3.06. The third-order valence-corrected chi connectivity index (χ3v) is 3.73. The zero-order valence-corrected chi connectivity index (χ0v) is 8.79. The molecule has 1 saturated heterocycles. The fraction of sp³-hybridized carbons (Fsp3) is 0.909. The molecule has 0 aromatic carbocycles. The average Bonchev–Trinajstić information content (AvgIpc) is 2.14. The van der Waals surface area contributed by atoms with E-state index in [1.54, 1.807) is 0 Å². The highest BCUT2D eigenvalue weighted by atomic mass is 16.5. The Morgan fingerprint density at radius 2 is 2.07 bits per heavy atom. The molecule has 0 bridgehead atoms. The monoisotopic (exact) mass is 197 g/mol. The Balaban J connectivity index is 1.86. The lowest BCUT2D eigenvalue weighted by molar-refractivity contribution is -0.147. The number of esters is 1. The van der Waals surface area contributed by atoms with Crippen LogP contribution in [-0.2, 0) is 9.53 Å². The van der Waals surface area contributed by atoms with E-state index in [2.05, 4.69) is 5.32 Å². The van der Waals surface area contributed by atoms with E-state index in [4.69, 9.17) is 4.74 Å². The van der Waals surface area contributed by atoms with Gasteiger partial charge in [0.1, 0.15) is 0 Å². The van der Waals surface area contributed by atoms with Gasteiger partial charge in [0.25, 0.3) is 0 Å². The molecule has 0 spiro atoms. The molecular formula is C11H19NO2. The van der Waals surface area contributed by atoms with Crippen LogP contribution in [0.3, 0.4) is 0 Å². The van der Waals surface area contributed by atoms with E-state index in [9.17, 15) is 4.79 Å². The molecule has 3 nitrogen and oxygen atoms in total. The fourth-order valence-corrected chi connectivity index (χ4v) is 2.68. The zero-order valence-electron chi connectivity index (χ0n) is 8.79. The van der Waals surface area contributed by atoms with Crippen LogP contribution < -0.4 is 5.32 Å². The van der Waals surface area contributed by atoms with Gasteiger partial charge in [-0.25, -0.2) is 0 Å². The first kappa shape index (κ1) is 9.97. The summed E-state index contributed by atoms with van der Waals surface area (Å²) in [6.45, 7) is 2.30. The lowest BCUT2D eigenvalue weighted by Gasteiger charge is -2.38. The molecule has 2 atom stereocenters. The summed E-state index contributed by atoms with van der Waals surface area (Å²) in [6, 6.07) is 0. The first-order valence-electron chi connectivity index (χ1n) is 5.60. The molecule has 0 unspecified atom stereocenters. The molecule has 0 aromatic rings. The summed E-state index contributed by atoms with van der Waals surface area (Å²) in [4.78, 5) is 11.4. The summed E-state index contributed by atoms with van der Waals surface area (Å²) < 4.78 is 4.81. The summed E-state index contributed by atoms with van der Waals surface area (Å²) in [5.41, 5.74) is 0. The van der Waals surface area contributed by atoms with Crippen LogP contribution in [0.25, 0.3) is 0 Å². The molecule has 1 N–H and O–H groups in total. The number of ether oxygens (including phenoxy) is 1. The van der Waals surface area contributed by atoms with Gasteiger partial charge in [0.05, 0.1) is 13.0 Å². The summed E-state index contributed by atoms with van der Waals surface area (Å²) in [6.07, 6.45) is 4.59. The molecule has 2 fully saturated rings. The van der Waals surface area contributed by atoms with Gasteiger partial charge in [0.2, 0.25) is 0 Å². The molecule has 1 heterocycles. The Bertz CT molecular complexity index is 213. The lowest BCUT2D eigenvalue weighted by atomic mass is 9.73. The molecule has 14 heavy (non-hydrogen) atoms. The summed E-state index contributed by atoms with van der Waals surface area (Å²) >= 11 is 0. The van der Waals surface area contributed by atoms with Gasteiger partial charge in [-0.05, 0) is 37.8 Å². The van der Waals surface area contributed by atoms with Crippen LogP contribution in [-0.4, -0.2) is 26.2 Å². The maximum absolute atomic E-state index is 11.4. The minimum Gasteiger partial charge on any atom is -0.469 e. The van der Waals surface area contributed by atoms with Crippen molar-refractivity contribution in [1.82, 2.24) is 5.32 Å². The number of nitrogens with one attached hydrogen (secondary N) is 1. The second-order valence-electron chi connectivity index (χ2n) is 4.57. The largest absolute Gasteiger partial charge is 0.469 e. The molecule has 0 radical (unpaired) electrons. The predicted molar refractivity (Wildman–Crippen MR) is 53.8 cm³/mol. The normalized spacial score (nSPS) is 33.5. The molecule has 1 aliphatic heterocycles. The van der Waals surface area contributed by atoms with E-state index in [0.717, 1.165) is 37.8 Å². The number of rotatable bonds is 2. The van der Waals surface area contributed by atoms with Crippen molar-refractivity contribution in [1.29, 1.82) is 0 Å². The van der Waals surface area contributed by atoms with Gasteiger partial charge in [0, 0.05) is 0 Å². The van der Waals surface area contributed by atoms with Crippen molar-refractivity contribution in [3.05, 3.63) is 0 Å². The molecule has 80 valence electrons. The standard InChI is InChI=1S/C11H19NO2/c1-14-11(13)9-4-2-3-8(5-9)10-6-12-7-10/h8-10,12H,2-7H2,1H3/t8-,9-/m1/s1.